The number of nitrogens with one attached hydrogen (secondary N) is 2. The first-order valence-electron chi connectivity index (χ1n) is 8.61. The molecule has 0 aliphatic carbocycles. The molecule has 0 fully saturated rings. The maximum absolute atomic E-state index is 12.8. The number of para-hydroxylation sites is 2. The number of carbonyl (C=O) groups excluding carboxylic acids is 1. The van der Waals surface area contributed by atoms with Gasteiger partial charge < -0.3 is 15.0 Å². The van der Waals surface area contributed by atoms with Crippen molar-refractivity contribution >= 4 is 33.1 Å². The molecule has 0 atom stereocenters. The molecule has 6 nitrogen and oxygen atoms in total. The highest BCUT2D eigenvalue weighted by molar-refractivity contribution is 7.20. The summed E-state index contributed by atoms with van der Waals surface area (Å²) in [6.45, 7) is 1.76. The quantitative estimate of drug-likeness (QED) is 0.545. The van der Waals surface area contributed by atoms with Crippen molar-refractivity contribution in [1.29, 1.82) is 0 Å². The molecule has 0 aliphatic rings. The molecule has 0 aliphatic heterocycles. The van der Waals surface area contributed by atoms with E-state index in [4.69, 9.17) is 4.74 Å². The van der Waals surface area contributed by atoms with Gasteiger partial charge in [0.15, 0.2) is 0 Å². The number of benzene rings is 2. The van der Waals surface area contributed by atoms with Crippen LogP contribution < -0.4 is 15.6 Å². The van der Waals surface area contributed by atoms with Crippen molar-refractivity contribution in [2.45, 2.75) is 6.92 Å². The molecule has 0 radical (unpaired) electrons. The fourth-order valence-electron chi connectivity index (χ4n) is 3.02. The lowest BCUT2D eigenvalue weighted by atomic mass is 10.2. The van der Waals surface area contributed by atoms with Crippen LogP contribution >= 0.6 is 11.3 Å². The minimum atomic E-state index is -0.300. The second-order valence-electron chi connectivity index (χ2n) is 6.17. The van der Waals surface area contributed by atoms with Gasteiger partial charge in [-0.25, -0.2) is 4.98 Å². The molecule has 0 bridgehead atoms. The Morgan fingerprint density at radius 3 is 2.57 bits per heavy atom. The molecule has 2 N–H and O–H groups in total. The molecule has 140 valence electrons. The van der Waals surface area contributed by atoms with Crippen molar-refractivity contribution in [3.05, 3.63) is 75.4 Å². The number of ether oxygens (including phenoxy) is 1. The Balaban J connectivity index is 1.76. The van der Waals surface area contributed by atoms with Crippen molar-refractivity contribution in [2.24, 2.45) is 0 Å². The third-order valence-corrected chi connectivity index (χ3v) is 5.59. The minimum Gasteiger partial charge on any atom is -0.495 e. The van der Waals surface area contributed by atoms with E-state index in [9.17, 15) is 9.59 Å². The lowest BCUT2D eigenvalue weighted by Gasteiger charge is -2.09. The Hall–Kier alpha value is -3.45. The highest BCUT2D eigenvalue weighted by Gasteiger charge is 2.20. The molecule has 2 heterocycles. The number of fused-ring (bicyclic) bond motifs is 1. The van der Waals surface area contributed by atoms with Crippen LogP contribution in [-0.2, 0) is 0 Å². The van der Waals surface area contributed by atoms with Gasteiger partial charge in [0.2, 0.25) is 0 Å². The summed E-state index contributed by atoms with van der Waals surface area (Å²) in [5.74, 6) is 0.749. The van der Waals surface area contributed by atoms with E-state index in [2.05, 4.69) is 15.3 Å². The van der Waals surface area contributed by atoms with Gasteiger partial charge in [0, 0.05) is 5.56 Å². The summed E-state index contributed by atoms with van der Waals surface area (Å²) in [7, 11) is 1.55. The second kappa shape index (κ2) is 7.28. The number of amides is 1. The predicted molar refractivity (Wildman–Crippen MR) is 111 cm³/mol. The van der Waals surface area contributed by atoms with Crippen LogP contribution in [0.4, 0.5) is 5.69 Å². The monoisotopic (exact) mass is 391 g/mol. The Bertz CT molecular complexity index is 1230. The lowest BCUT2D eigenvalue weighted by Crippen LogP contribution is -2.13. The summed E-state index contributed by atoms with van der Waals surface area (Å²) in [6, 6.07) is 16.6. The molecule has 0 saturated heterocycles. The zero-order chi connectivity index (χ0) is 19.7. The highest BCUT2D eigenvalue weighted by atomic mass is 32.1. The summed E-state index contributed by atoms with van der Waals surface area (Å²) in [5, 5.41) is 3.29. The Morgan fingerprint density at radius 2 is 1.82 bits per heavy atom. The van der Waals surface area contributed by atoms with Crippen LogP contribution in [0.25, 0.3) is 21.6 Å². The van der Waals surface area contributed by atoms with Gasteiger partial charge in [0.05, 0.1) is 23.1 Å². The summed E-state index contributed by atoms with van der Waals surface area (Å²) in [4.78, 5) is 33.9. The largest absolute Gasteiger partial charge is 0.495 e. The average Bonchev–Trinajstić information content (AvgIpc) is 3.06. The van der Waals surface area contributed by atoms with Crippen molar-refractivity contribution < 1.29 is 9.53 Å². The third kappa shape index (κ3) is 3.16. The predicted octanol–water partition coefficient (Wildman–Crippen LogP) is 4.22. The van der Waals surface area contributed by atoms with Gasteiger partial charge >= 0.3 is 0 Å². The number of thiophene rings is 1. The van der Waals surface area contributed by atoms with Gasteiger partial charge in [0.1, 0.15) is 16.4 Å². The van der Waals surface area contributed by atoms with E-state index in [-0.39, 0.29) is 11.5 Å². The van der Waals surface area contributed by atoms with Crippen molar-refractivity contribution in [1.82, 2.24) is 9.97 Å². The SMILES string of the molecule is COc1ccccc1NC(=O)c1sc2nc(-c3ccccc3)[nH]c(=O)c2c1C. The summed E-state index contributed by atoms with van der Waals surface area (Å²) in [6.07, 6.45) is 0. The normalized spacial score (nSPS) is 10.8. The first-order valence-corrected chi connectivity index (χ1v) is 9.43. The van der Waals surface area contributed by atoms with Gasteiger partial charge in [-0.15, -0.1) is 11.3 Å². The number of aryl methyl sites for hydroxylation is 1. The van der Waals surface area contributed by atoms with Crippen LogP contribution in [0.15, 0.2) is 59.4 Å². The fraction of sp³-hybridized carbons (Fsp3) is 0.0952. The zero-order valence-electron chi connectivity index (χ0n) is 15.3. The number of carbonyl (C=O) groups is 1. The van der Waals surface area contributed by atoms with E-state index < -0.39 is 0 Å². The second-order valence-corrected chi connectivity index (χ2v) is 7.17. The first-order chi connectivity index (χ1) is 13.6. The van der Waals surface area contributed by atoms with Crippen LogP contribution in [0, 0.1) is 6.92 Å². The number of hydrogen-bond donors (Lipinski definition) is 2. The molecule has 1 amide bonds. The number of aromatic nitrogens is 2. The van der Waals surface area contributed by atoms with Crippen LogP contribution in [0.2, 0.25) is 0 Å². The van der Waals surface area contributed by atoms with Gasteiger partial charge in [-0.05, 0) is 24.6 Å². The van der Waals surface area contributed by atoms with Crippen LogP contribution in [-0.4, -0.2) is 23.0 Å². The number of methoxy groups -OCH3 is 1. The first kappa shape index (κ1) is 17.9. The number of hydrogen-bond acceptors (Lipinski definition) is 5. The number of nitrogens with zero attached hydrogens (tertiary/aromatic N) is 1. The Labute approximate surface area is 164 Å². The molecule has 0 saturated carbocycles. The Morgan fingerprint density at radius 1 is 1.11 bits per heavy atom. The number of H-pyrrole nitrogens is 1. The standard InChI is InChI=1S/C21H17N3O3S/c1-12-16-19(25)23-18(13-8-4-3-5-9-13)24-21(16)28-17(12)20(26)22-14-10-6-7-11-15(14)27-2/h3-11H,1-2H3,(H,22,26)(H,23,24,25). The van der Waals surface area contributed by atoms with Gasteiger partial charge in [-0.1, -0.05) is 42.5 Å². The van der Waals surface area contributed by atoms with Gasteiger partial charge in [-0.3, -0.25) is 9.59 Å². The van der Waals surface area contributed by atoms with E-state index in [1.807, 2.05) is 42.5 Å². The lowest BCUT2D eigenvalue weighted by molar-refractivity contribution is 0.102. The summed E-state index contributed by atoms with van der Waals surface area (Å²) >= 11 is 1.20. The van der Waals surface area contributed by atoms with Gasteiger partial charge in [-0.2, -0.15) is 0 Å². The van der Waals surface area contributed by atoms with Crippen molar-refractivity contribution in [2.75, 3.05) is 12.4 Å². The van der Waals surface area contributed by atoms with Gasteiger partial charge in [0.25, 0.3) is 11.5 Å². The Kier molecular flexibility index (Phi) is 4.67. The number of rotatable bonds is 4. The summed E-state index contributed by atoms with van der Waals surface area (Å²) in [5.41, 5.74) is 1.74. The van der Waals surface area contributed by atoms with E-state index >= 15 is 0 Å². The third-order valence-electron chi connectivity index (χ3n) is 4.41. The van der Waals surface area contributed by atoms with Crippen molar-refractivity contribution in [3.8, 4) is 17.1 Å². The maximum atomic E-state index is 12.8. The van der Waals surface area contributed by atoms with E-state index in [0.717, 1.165) is 5.56 Å². The minimum absolute atomic E-state index is 0.256. The molecule has 28 heavy (non-hydrogen) atoms. The summed E-state index contributed by atoms with van der Waals surface area (Å²) < 4.78 is 5.28. The molecule has 2 aromatic heterocycles. The molecular formula is C21H17N3O3S. The maximum Gasteiger partial charge on any atom is 0.266 e. The zero-order valence-corrected chi connectivity index (χ0v) is 16.1. The molecule has 0 spiro atoms. The molecule has 7 heteroatoms. The average molecular weight is 391 g/mol. The van der Waals surface area contributed by atoms with Crippen LogP contribution in [0.1, 0.15) is 15.2 Å². The smallest absolute Gasteiger partial charge is 0.266 e. The number of anilines is 1. The van der Waals surface area contributed by atoms with E-state index in [1.54, 1.807) is 26.2 Å². The highest BCUT2D eigenvalue weighted by Crippen LogP contribution is 2.30. The topological polar surface area (TPSA) is 84.1 Å². The molecule has 4 rings (SSSR count). The van der Waals surface area contributed by atoms with E-state index in [0.29, 0.717) is 37.9 Å². The van der Waals surface area contributed by atoms with Crippen molar-refractivity contribution in [3.63, 3.8) is 0 Å². The molecule has 0 unspecified atom stereocenters. The number of aromatic amines is 1. The van der Waals surface area contributed by atoms with E-state index in [1.165, 1.54) is 11.3 Å². The molecule has 2 aromatic carbocycles. The molecular weight excluding hydrogens is 374 g/mol. The van der Waals surface area contributed by atoms with Crippen LogP contribution in [0.3, 0.4) is 0 Å². The fourth-order valence-corrected chi connectivity index (χ4v) is 4.10. The molecule has 4 aromatic rings. The van der Waals surface area contributed by atoms with Crippen LogP contribution in [0.5, 0.6) is 5.75 Å².